The summed E-state index contributed by atoms with van der Waals surface area (Å²) in [6.07, 6.45) is 10.6. The largest absolute Gasteiger partial charge is 0.449 e. The lowest BCUT2D eigenvalue weighted by Crippen LogP contribution is -2.33. The minimum absolute atomic E-state index is 0.0163. The van der Waals surface area contributed by atoms with E-state index in [1.165, 1.54) is 32.4 Å². The Morgan fingerprint density at radius 1 is 1.02 bits per heavy atom. The fourth-order valence-corrected chi connectivity index (χ4v) is 7.21. The monoisotopic (exact) mass is 587 g/mol. The molecule has 1 N–H and O–H groups in total. The lowest BCUT2D eigenvalue weighted by molar-refractivity contribution is 0.0948. The van der Waals surface area contributed by atoms with E-state index in [2.05, 4.69) is 52.0 Å². The smallest absolute Gasteiger partial charge is 0.410 e. The average molecular weight is 588 g/mol. The molecule has 4 heterocycles. The number of hydrogen-bond donors (Lipinski definition) is 1. The minimum atomic E-state index is -0.204. The van der Waals surface area contributed by atoms with Crippen LogP contribution in [-0.4, -0.2) is 70.5 Å². The van der Waals surface area contributed by atoms with Gasteiger partial charge in [-0.25, -0.2) is 9.78 Å². The molecule has 42 heavy (non-hydrogen) atoms. The van der Waals surface area contributed by atoms with Gasteiger partial charge in [0, 0.05) is 30.4 Å². The van der Waals surface area contributed by atoms with E-state index in [1.54, 1.807) is 11.3 Å². The number of nitrogens with zero attached hydrogens (tertiary/aromatic N) is 4. The predicted octanol–water partition coefficient (Wildman–Crippen LogP) is 6.90. The number of unbranched alkanes of at least 4 members (excludes halogenated alkanes) is 1. The minimum Gasteiger partial charge on any atom is -0.449 e. The van der Waals surface area contributed by atoms with Crippen LogP contribution < -0.4 is 5.32 Å². The van der Waals surface area contributed by atoms with Crippen molar-refractivity contribution < 1.29 is 14.3 Å². The van der Waals surface area contributed by atoms with Crippen molar-refractivity contribution in [1.29, 1.82) is 0 Å². The third-order valence-corrected chi connectivity index (χ3v) is 9.56. The van der Waals surface area contributed by atoms with Crippen LogP contribution in [0, 0.1) is 0 Å². The van der Waals surface area contributed by atoms with E-state index < -0.39 is 0 Å². The topological polar surface area (TPSA) is 79.2 Å². The van der Waals surface area contributed by atoms with Crippen molar-refractivity contribution in [2.24, 2.45) is 0 Å². The molecule has 2 aliphatic heterocycles. The maximum atomic E-state index is 12.8. The molecule has 2 fully saturated rings. The Morgan fingerprint density at radius 2 is 1.86 bits per heavy atom. The second kappa shape index (κ2) is 13.3. The van der Waals surface area contributed by atoms with Crippen molar-refractivity contribution in [3.8, 4) is 11.3 Å². The van der Waals surface area contributed by atoms with Crippen LogP contribution in [0.2, 0.25) is 0 Å². The van der Waals surface area contributed by atoms with Gasteiger partial charge in [0.2, 0.25) is 0 Å². The van der Waals surface area contributed by atoms with Crippen LogP contribution in [-0.2, 0) is 4.74 Å². The van der Waals surface area contributed by atoms with Crippen LogP contribution in [0.25, 0.3) is 26.4 Å². The van der Waals surface area contributed by atoms with Crippen LogP contribution in [0.4, 0.5) is 4.79 Å². The van der Waals surface area contributed by atoms with E-state index in [0.717, 1.165) is 77.2 Å². The lowest BCUT2D eigenvalue weighted by Gasteiger charge is -2.26. The van der Waals surface area contributed by atoms with Gasteiger partial charge < -0.3 is 19.9 Å². The second-order valence-electron chi connectivity index (χ2n) is 11.5. The molecule has 2 aromatic heterocycles. The van der Waals surface area contributed by atoms with Gasteiger partial charge in [-0.1, -0.05) is 55.4 Å². The number of piperidine rings is 1. The number of thiazole rings is 1. The number of fused-ring (bicyclic) bond motifs is 3. The third kappa shape index (κ3) is 6.32. The van der Waals surface area contributed by atoms with E-state index in [-0.39, 0.29) is 18.0 Å². The quantitative estimate of drug-likeness (QED) is 0.204. The van der Waals surface area contributed by atoms with Gasteiger partial charge in [-0.2, -0.15) is 0 Å². The molecule has 2 saturated heterocycles. The van der Waals surface area contributed by atoms with Crippen molar-refractivity contribution in [3.63, 3.8) is 0 Å². The number of hydrogen-bond acceptors (Lipinski definition) is 6. The molecule has 6 rings (SSSR count). The molecule has 1 atom stereocenters. The highest BCUT2D eigenvalue weighted by molar-refractivity contribution is 7.23. The van der Waals surface area contributed by atoms with Crippen molar-refractivity contribution in [2.75, 3.05) is 39.3 Å². The molecular weight excluding hydrogens is 546 g/mol. The van der Waals surface area contributed by atoms with Crippen LogP contribution in [0.5, 0.6) is 0 Å². The van der Waals surface area contributed by atoms with Gasteiger partial charge in [0.05, 0.1) is 28.6 Å². The zero-order valence-electron chi connectivity index (χ0n) is 24.5. The zero-order valence-corrected chi connectivity index (χ0v) is 25.3. The highest BCUT2D eigenvalue weighted by Crippen LogP contribution is 2.34. The lowest BCUT2D eigenvalue weighted by atomic mass is 10.0. The van der Waals surface area contributed by atoms with E-state index in [4.69, 9.17) is 9.72 Å². The van der Waals surface area contributed by atoms with E-state index in [9.17, 15) is 9.59 Å². The molecular formula is C33H41N5O3S. The highest BCUT2D eigenvalue weighted by atomic mass is 32.1. The maximum Gasteiger partial charge on any atom is 0.410 e. The molecule has 8 nitrogen and oxygen atoms in total. The summed E-state index contributed by atoms with van der Waals surface area (Å²) in [4.78, 5) is 35.6. The van der Waals surface area contributed by atoms with Gasteiger partial charge in [0.25, 0.3) is 5.91 Å². The number of imidazole rings is 1. The van der Waals surface area contributed by atoms with E-state index in [0.29, 0.717) is 18.7 Å². The number of ether oxygens (including phenoxy) is 1. The SMILES string of the molecule is CCCCOC(=O)N1CCC[C@H]1c1ccc(-c2cn3c(n2)sc2cc(C(=O)NCCCN4CCCCC4)ccc23)cc1. The number of benzene rings is 2. The second-order valence-corrected chi connectivity index (χ2v) is 12.5. The van der Waals surface area contributed by atoms with Crippen molar-refractivity contribution in [1.82, 2.24) is 24.5 Å². The molecule has 0 radical (unpaired) electrons. The first-order valence-corrected chi connectivity index (χ1v) is 16.4. The van der Waals surface area contributed by atoms with Gasteiger partial charge >= 0.3 is 6.09 Å². The molecule has 222 valence electrons. The Balaban J connectivity index is 1.09. The molecule has 0 unspecified atom stereocenters. The van der Waals surface area contributed by atoms with Gasteiger partial charge in [0.15, 0.2) is 4.96 Å². The molecule has 0 saturated carbocycles. The number of carbonyl (C=O) groups excluding carboxylic acids is 2. The van der Waals surface area contributed by atoms with Crippen LogP contribution >= 0.6 is 11.3 Å². The number of aromatic nitrogens is 2. The fraction of sp³-hybridized carbons (Fsp3) is 0.485. The van der Waals surface area contributed by atoms with E-state index in [1.807, 2.05) is 23.1 Å². The van der Waals surface area contributed by atoms with E-state index >= 15 is 0 Å². The Labute approximate surface area is 251 Å². The summed E-state index contributed by atoms with van der Waals surface area (Å²) in [5.41, 5.74) is 4.82. The molecule has 4 aromatic rings. The molecule has 2 aliphatic rings. The number of carbonyl (C=O) groups is 2. The summed E-state index contributed by atoms with van der Waals surface area (Å²) in [5.74, 6) is -0.0163. The number of nitrogens with one attached hydrogen (secondary N) is 1. The summed E-state index contributed by atoms with van der Waals surface area (Å²) in [6.45, 7) is 7.45. The fourth-order valence-electron chi connectivity index (χ4n) is 6.17. The average Bonchev–Trinajstić information content (AvgIpc) is 3.75. The summed E-state index contributed by atoms with van der Waals surface area (Å²) < 4.78 is 8.64. The molecule has 0 aliphatic carbocycles. The Bertz CT molecular complexity index is 1520. The summed E-state index contributed by atoms with van der Waals surface area (Å²) >= 11 is 1.60. The van der Waals surface area contributed by atoms with Crippen molar-refractivity contribution in [3.05, 3.63) is 59.8 Å². The Morgan fingerprint density at radius 3 is 2.67 bits per heavy atom. The van der Waals surface area contributed by atoms with Crippen molar-refractivity contribution in [2.45, 2.75) is 64.3 Å². The third-order valence-electron chi connectivity index (χ3n) is 8.54. The molecule has 0 spiro atoms. The highest BCUT2D eigenvalue weighted by Gasteiger charge is 2.31. The summed E-state index contributed by atoms with van der Waals surface area (Å²) in [5, 5.41) is 3.09. The van der Waals surface area contributed by atoms with Crippen LogP contribution in [0.15, 0.2) is 48.7 Å². The summed E-state index contributed by atoms with van der Waals surface area (Å²) in [6, 6.07) is 14.4. The number of rotatable bonds is 10. The molecule has 9 heteroatoms. The molecule has 2 amide bonds. The van der Waals surface area contributed by atoms with Gasteiger partial charge in [-0.3, -0.25) is 9.20 Å². The first-order chi connectivity index (χ1) is 20.6. The van der Waals surface area contributed by atoms with Crippen LogP contribution in [0.1, 0.15) is 80.3 Å². The Kier molecular flexibility index (Phi) is 9.05. The first-order valence-electron chi connectivity index (χ1n) is 15.6. The first kappa shape index (κ1) is 28.7. The number of likely N-dealkylation sites (tertiary alicyclic amines) is 2. The van der Waals surface area contributed by atoms with Gasteiger partial charge in [-0.15, -0.1) is 0 Å². The molecule has 0 bridgehead atoms. The normalized spacial score (nSPS) is 17.7. The van der Waals surface area contributed by atoms with Crippen LogP contribution in [0.3, 0.4) is 0 Å². The zero-order chi connectivity index (χ0) is 28.9. The predicted molar refractivity (Wildman–Crippen MR) is 168 cm³/mol. The molecule has 2 aromatic carbocycles. The maximum absolute atomic E-state index is 12.8. The summed E-state index contributed by atoms with van der Waals surface area (Å²) in [7, 11) is 0. The van der Waals surface area contributed by atoms with Gasteiger partial charge in [-0.05, 0) is 81.9 Å². The number of amides is 2. The van der Waals surface area contributed by atoms with Crippen molar-refractivity contribution >= 4 is 38.5 Å². The Hall–Kier alpha value is -3.43. The standard InChI is InChI=1S/C33H41N5O3S/c1-2-3-21-41-33(40)37-20-7-9-28(37)25-12-10-24(11-13-25)27-23-38-29-15-14-26(22-30(29)42-32(38)35-27)31(39)34-16-8-19-36-17-5-4-6-18-36/h10-15,22-23,28H,2-9,16-21H2,1H3,(H,34,39)/t28-/m0/s1. The van der Waals surface area contributed by atoms with Gasteiger partial charge in [0.1, 0.15) is 0 Å².